The van der Waals surface area contributed by atoms with Crippen molar-refractivity contribution >= 4 is 17.7 Å². The molecule has 1 heterocycles. The van der Waals surface area contributed by atoms with Gasteiger partial charge >= 0.3 is 6.09 Å². The van der Waals surface area contributed by atoms with Crippen LogP contribution in [0.5, 0.6) is 11.5 Å². The molecular weight excluding hydrogens is 354 g/mol. The number of ether oxygens (including phenoxy) is 2. The summed E-state index contributed by atoms with van der Waals surface area (Å²) in [7, 11) is 1.61. The van der Waals surface area contributed by atoms with Crippen LogP contribution in [0.15, 0.2) is 54.7 Å². The van der Waals surface area contributed by atoms with E-state index in [1.807, 2.05) is 43.3 Å². The van der Waals surface area contributed by atoms with Gasteiger partial charge < -0.3 is 14.8 Å². The fourth-order valence-electron chi connectivity index (χ4n) is 2.39. The van der Waals surface area contributed by atoms with E-state index in [0.29, 0.717) is 17.3 Å². The molecule has 1 N–H and O–H groups in total. The van der Waals surface area contributed by atoms with Crippen molar-refractivity contribution < 1.29 is 14.3 Å². The molecule has 0 atom stereocenters. The van der Waals surface area contributed by atoms with Crippen molar-refractivity contribution in [3.63, 3.8) is 0 Å². The molecule has 1 amide bonds. The second kappa shape index (κ2) is 7.93. The Hall–Kier alpha value is -2.99. The van der Waals surface area contributed by atoms with E-state index >= 15 is 0 Å². The van der Waals surface area contributed by atoms with Gasteiger partial charge in [0.2, 0.25) is 0 Å². The Balaban J connectivity index is 1.63. The average Bonchev–Trinajstić information content (AvgIpc) is 3.02. The highest BCUT2D eigenvalue weighted by Crippen LogP contribution is 2.22. The average molecular weight is 372 g/mol. The Morgan fingerprint density at radius 3 is 2.50 bits per heavy atom. The van der Waals surface area contributed by atoms with Crippen molar-refractivity contribution in [2.45, 2.75) is 13.5 Å². The number of benzene rings is 2. The van der Waals surface area contributed by atoms with Crippen molar-refractivity contribution in [1.29, 1.82) is 0 Å². The fraction of sp³-hybridized carbons (Fsp3) is 0.158. The number of nitrogens with one attached hydrogen (secondary N) is 1. The quantitative estimate of drug-likeness (QED) is 0.732. The molecule has 0 aliphatic carbocycles. The van der Waals surface area contributed by atoms with E-state index in [-0.39, 0.29) is 0 Å². The summed E-state index contributed by atoms with van der Waals surface area (Å²) in [5.74, 6) is 1.16. The van der Waals surface area contributed by atoms with E-state index in [2.05, 4.69) is 10.4 Å². The maximum Gasteiger partial charge on any atom is 0.412 e. The zero-order chi connectivity index (χ0) is 18.5. The van der Waals surface area contributed by atoms with Crippen molar-refractivity contribution in [3.05, 3.63) is 71.0 Å². The van der Waals surface area contributed by atoms with Gasteiger partial charge in [-0.25, -0.2) is 9.48 Å². The lowest BCUT2D eigenvalue weighted by Gasteiger charge is -2.08. The van der Waals surface area contributed by atoms with Crippen molar-refractivity contribution in [2.75, 3.05) is 7.11 Å². The number of halogens is 1. The maximum atomic E-state index is 12.0. The van der Waals surface area contributed by atoms with Gasteiger partial charge in [-0.15, -0.1) is 0 Å². The topological polar surface area (TPSA) is 65.4 Å². The molecule has 6 nitrogen and oxygen atoms in total. The third-order valence-electron chi connectivity index (χ3n) is 3.83. The first-order chi connectivity index (χ1) is 12.6. The van der Waals surface area contributed by atoms with Crippen LogP contribution >= 0.6 is 11.6 Å². The third kappa shape index (κ3) is 4.15. The number of methoxy groups -OCH3 is 1. The minimum Gasteiger partial charge on any atom is -0.497 e. The number of nitrogens with zero attached hydrogens (tertiary/aromatic N) is 2. The molecule has 0 saturated carbocycles. The van der Waals surface area contributed by atoms with Gasteiger partial charge in [0.05, 0.1) is 24.7 Å². The largest absolute Gasteiger partial charge is 0.497 e. The highest BCUT2D eigenvalue weighted by Gasteiger charge is 2.13. The van der Waals surface area contributed by atoms with Crippen LogP contribution in [0.1, 0.15) is 11.3 Å². The monoisotopic (exact) mass is 371 g/mol. The molecular formula is C19H18ClN3O3. The van der Waals surface area contributed by atoms with E-state index in [4.69, 9.17) is 21.1 Å². The minimum absolute atomic E-state index is 0.349. The van der Waals surface area contributed by atoms with Crippen LogP contribution < -0.4 is 14.8 Å². The van der Waals surface area contributed by atoms with Crippen LogP contribution in [0, 0.1) is 6.92 Å². The number of rotatable bonds is 5. The molecule has 7 heteroatoms. The number of carbonyl (C=O) groups is 1. The molecule has 0 bridgehead atoms. The smallest absolute Gasteiger partial charge is 0.412 e. The molecule has 2 aromatic carbocycles. The number of carbonyl (C=O) groups excluding carboxylic acids is 1. The molecule has 26 heavy (non-hydrogen) atoms. The molecule has 0 spiro atoms. The number of aromatic nitrogens is 2. The first-order valence-corrected chi connectivity index (χ1v) is 8.34. The first-order valence-electron chi connectivity index (χ1n) is 7.96. The van der Waals surface area contributed by atoms with Crippen LogP contribution in [0.4, 0.5) is 4.79 Å². The van der Waals surface area contributed by atoms with Crippen molar-refractivity contribution in [3.8, 4) is 17.2 Å². The summed E-state index contributed by atoms with van der Waals surface area (Å²) in [6.45, 7) is 2.18. The summed E-state index contributed by atoms with van der Waals surface area (Å²) in [5.41, 5.74) is 2.49. The van der Waals surface area contributed by atoms with Gasteiger partial charge in [-0.1, -0.05) is 23.7 Å². The van der Waals surface area contributed by atoms with E-state index in [9.17, 15) is 4.79 Å². The summed E-state index contributed by atoms with van der Waals surface area (Å²) in [6, 6.07) is 14.7. The zero-order valence-corrected chi connectivity index (χ0v) is 15.2. The SMILES string of the molecule is COc1ccc(-n2ncc(OC(=O)NCc3ccc(Cl)cc3)c2C)cc1. The highest BCUT2D eigenvalue weighted by molar-refractivity contribution is 6.30. The number of hydrogen-bond acceptors (Lipinski definition) is 4. The summed E-state index contributed by atoms with van der Waals surface area (Å²) in [5, 5.41) is 7.63. The summed E-state index contributed by atoms with van der Waals surface area (Å²) >= 11 is 5.84. The molecule has 134 valence electrons. The van der Waals surface area contributed by atoms with Gasteiger partial charge in [-0.3, -0.25) is 0 Å². The van der Waals surface area contributed by atoms with Crippen LogP contribution in [0.25, 0.3) is 5.69 Å². The third-order valence-corrected chi connectivity index (χ3v) is 4.09. The molecule has 3 aromatic rings. The van der Waals surface area contributed by atoms with Crippen LogP contribution in [-0.2, 0) is 6.54 Å². The van der Waals surface area contributed by atoms with Crippen molar-refractivity contribution in [2.24, 2.45) is 0 Å². The van der Waals surface area contributed by atoms with Gasteiger partial charge in [-0.2, -0.15) is 5.10 Å². The lowest BCUT2D eigenvalue weighted by atomic mass is 10.2. The Labute approximate surface area is 156 Å². The maximum absolute atomic E-state index is 12.0. The fourth-order valence-corrected chi connectivity index (χ4v) is 2.52. The van der Waals surface area contributed by atoms with E-state index in [1.54, 1.807) is 23.9 Å². The first kappa shape index (κ1) is 17.8. The normalized spacial score (nSPS) is 10.4. The standard InChI is InChI=1S/C19H18ClN3O3/c1-13-18(12-22-23(13)16-7-9-17(25-2)10-8-16)26-19(24)21-11-14-3-5-15(20)6-4-14/h3-10,12H,11H2,1-2H3,(H,21,24). The van der Waals surface area contributed by atoms with Gasteiger partial charge in [0, 0.05) is 11.6 Å². The second-order valence-electron chi connectivity index (χ2n) is 5.57. The Bertz CT molecular complexity index is 889. The van der Waals surface area contributed by atoms with Crippen LogP contribution in [-0.4, -0.2) is 23.0 Å². The van der Waals surface area contributed by atoms with Gasteiger partial charge in [0.1, 0.15) is 5.75 Å². The second-order valence-corrected chi connectivity index (χ2v) is 6.01. The molecule has 0 aliphatic rings. The molecule has 0 aliphatic heterocycles. The zero-order valence-electron chi connectivity index (χ0n) is 14.4. The number of amides is 1. The summed E-state index contributed by atoms with van der Waals surface area (Å²) in [4.78, 5) is 12.0. The van der Waals surface area contributed by atoms with Gasteiger partial charge in [-0.05, 0) is 48.9 Å². The molecule has 1 aromatic heterocycles. The van der Waals surface area contributed by atoms with E-state index in [1.165, 1.54) is 6.20 Å². The molecule has 0 fully saturated rings. The van der Waals surface area contributed by atoms with Gasteiger partial charge in [0.25, 0.3) is 0 Å². The number of hydrogen-bond donors (Lipinski definition) is 1. The molecule has 3 rings (SSSR count). The lowest BCUT2D eigenvalue weighted by Crippen LogP contribution is -2.26. The highest BCUT2D eigenvalue weighted by atomic mass is 35.5. The Morgan fingerprint density at radius 2 is 1.85 bits per heavy atom. The molecule has 0 unspecified atom stereocenters. The molecule has 0 saturated heterocycles. The van der Waals surface area contributed by atoms with Crippen LogP contribution in [0.2, 0.25) is 5.02 Å². The predicted octanol–water partition coefficient (Wildman–Crippen LogP) is 4.13. The Kier molecular flexibility index (Phi) is 5.43. The molecule has 0 radical (unpaired) electrons. The lowest BCUT2D eigenvalue weighted by molar-refractivity contribution is 0.199. The van der Waals surface area contributed by atoms with E-state index < -0.39 is 6.09 Å². The van der Waals surface area contributed by atoms with Crippen LogP contribution in [0.3, 0.4) is 0 Å². The predicted molar refractivity (Wildman–Crippen MR) is 99.2 cm³/mol. The minimum atomic E-state index is -0.544. The van der Waals surface area contributed by atoms with Gasteiger partial charge in [0.15, 0.2) is 5.75 Å². The summed E-state index contributed by atoms with van der Waals surface area (Å²) < 4.78 is 12.2. The van der Waals surface area contributed by atoms with Crippen molar-refractivity contribution in [1.82, 2.24) is 15.1 Å². The Morgan fingerprint density at radius 1 is 1.15 bits per heavy atom. The van der Waals surface area contributed by atoms with E-state index in [0.717, 1.165) is 22.7 Å². The summed E-state index contributed by atoms with van der Waals surface area (Å²) in [6.07, 6.45) is 0.971.